The number of hydrogen-bond donors (Lipinski definition) is 1. The van der Waals surface area contributed by atoms with Gasteiger partial charge in [0.1, 0.15) is 15.6 Å². The van der Waals surface area contributed by atoms with Gasteiger partial charge in [-0.05, 0) is 43.2 Å². The molecule has 134 valence electrons. The summed E-state index contributed by atoms with van der Waals surface area (Å²) in [7, 11) is 1.64. The van der Waals surface area contributed by atoms with Crippen LogP contribution in [0.25, 0.3) is 10.7 Å². The first-order chi connectivity index (χ1) is 12.6. The number of benzene rings is 1. The first-order valence-corrected chi connectivity index (χ1v) is 9.27. The van der Waals surface area contributed by atoms with E-state index in [1.54, 1.807) is 13.3 Å². The quantitative estimate of drug-likeness (QED) is 0.701. The Bertz CT molecular complexity index is 876. The predicted molar refractivity (Wildman–Crippen MR) is 104 cm³/mol. The number of nitrogens with zero attached hydrogens (tertiary/aromatic N) is 2. The third-order valence-electron chi connectivity index (χ3n) is 4.12. The summed E-state index contributed by atoms with van der Waals surface area (Å²) in [6.45, 7) is 3.90. The summed E-state index contributed by atoms with van der Waals surface area (Å²) in [5.74, 6) is 0.693. The van der Waals surface area contributed by atoms with Crippen molar-refractivity contribution in [3.8, 4) is 16.5 Å². The first-order valence-electron chi connectivity index (χ1n) is 8.46. The standard InChI is InChI=1S/C20H21N3O2S/c1-4-16(14-8-10-15(25-3)11-9-14)23-19(24)18-13(2)22-20(26-18)17-7-5-6-12-21-17/h5-12,16H,4H2,1-3H3,(H,23,24)/t16-/m0/s1. The SMILES string of the molecule is CC[C@H](NC(=O)c1sc(-c2ccccn2)nc1C)c1ccc(OC)cc1. The number of methoxy groups -OCH3 is 1. The van der Waals surface area contributed by atoms with Gasteiger partial charge in [0, 0.05) is 6.20 Å². The largest absolute Gasteiger partial charge is 0.497 e. The van der Waals surface area contributed by atoms with E-state index in [2.05, 4.69) is 15.3 Å². The van der Waals surface area contributed by atoms with Crippen LogP contribution in [0.15, 0.2) is 48.7 Å². The van der Waals surface area contributed by atoms with Crippen LogP contribution in [0.2, 0.25) is 0 Å². The molecule has 5 nitrogen and oxygen atoms in total. The summed E-state index contributed by atoms with van der Waals surface area (Å²) >= 11 is 1.37. The summed E-state index contributed by atoms with van der Waals surface area (Å²) in [6.07, 6.45) is 2.52. The van der Waals surface area contributed by atoms with Gasteiger partial charge in [0.25, 0.3) is 5.91 Å². The molecule has 2 aromatic heterocycles. The predicted octanol–water partition coefficient (Wildman–Crippen LogP) is 4.40. The number of aromatic nitrogens is 2. The van der Waals surface area contributed by atoms with Gasteiger partial charge >= 0.3 is 0 Å². The number of nitrogens with one attached hydrogen (secondary N) is 1. The monoisotopic (exact) mass is 367 g/mol. The maximum absolute atomic E-state index is 12.8. The molecule has 3 aromatic rings. The third kappa shape index (κ3) is 3.91. The molecular weight excluding hydrogens is 346 g/mol. The van der Waals surface area contributed by atoms with Crippen LogP contribution in [0.3, 0.4) is 0 Å². The average Bonchev–Trinajstić information content (AvgIpc) is 3.08. The molecule has 1 N–H and O–H groups in total. The summed E-state index contributed by atoms with van der Waals surface area (Å²) in [6, 6.07) is 13.4. The second kappa shape index (κ2) is 8.10. The molecule has 0 unspecified atom stereocenters. The maximum atomic E-state index is 12.8. The second-order valence-corrected chi connectivity index (χ2v) is 6.86. The number of carbonyl (C=O) groups excluding carboxylic acids is 1. The number of carbonyl (C=O) groups is 1. The van der Waals surface area contributed by atoms with Crippen LogP contribution >= 0.6 is 11.3 Å². The van der Waals surface area contributed by atoms with E-state index in [1.165, 1.54) is 11.3 Å². The van der Waals surface area contributed by atoms with Gasteiger partial charge in [0.15, 0.2) is 0 Å². The summed E-state index contributed by atoms with van der Waals surface area (Å²) in [5, 5.41) is 3.87. The Morgan fingerprint density at radius 3 is 2.62 bits per heavy atom. The fourth-order valence-electron chi connectivity index (χ4n) is 2.69. The minimum absolute atomic E-state index is 0.0618. The van der Waals surface area contributed by atoms with E-state index in [9.17, 15) is 4.79 Å². The Morgan fingerprint density at radius 1 is 1.23 bits per heavy atom. The number of rotatable bonds is 6. The van der Waals surface area contributed by atoms with E-state index < -0.39 is 0 Å². The molecule has 0 bridgehead atoms. The maximum Gasteiger partial charge on any atom is 0.263 e. The van der Waals surface area contributed by atoms with E-state index in [-0.39, 0.29) is 11.9 Å². The summed E-state index contributed by atoms with van der Waals surface area (Å²) in [5.41, 5.74) is 2.55. The van der Waals surface area contributed by atoms with Crippen molar-refractivity contribution in [3.05, 3.63) is 64.8 Å². The lowest BCUT2D eigenvalue weighted by Crippen LogP contribution is -2.28. The Morgan fingerprint density at radius 2 is 2.00 bits per heavy atom. The van der Waals surface area contributed by atoms with Gasteiger partial charge in [-0.25, -0.2) is 4.98 Å². The first kappa shape index (κ1) is 18.1. The number of pyridine rings is 1. The lowest BCUT2D eigenvalue weighted by molar-refractivity contribution is 0.0939. The molecule has 3 rings (SSSR count). The molecule has 6 heteroatoms. The molecule has 0 saturated carbocycles. The minimum atomic E-state index is -0.107. The van der Waals surface area contributed by atoms with Gasteiger partial charge in [-0.1, -0.05) is 25.1 Å². The number of thiazole rings is 1. The normalized spacial score (nSPS) is 11.8. The molecule has 0 saturated heterocycles. The van der Waals surface area contributed by atoms with Crippen LogP contribution in [-0.2, 0) is 0 Å². The second-order valence-electron chi connectivity index (χ2n) is 5.86. The highest BCUT2D eigenvalue weighted by molar-refractivity contribution is 7.17. The van der Waals surface area contributed by atoms with Gasteiger partial charge in [0.2, 0.25) is 0 Å². The van der Waals surface area contributed by atoms with Crippen molar-refractivity contribution in [2.45, 2.75) is 26.3 Å². The van der Waals surface area contributed by atoms with Gasteiger partial charge in [0.05, 0.1) is 24.5 Å². The fraction of sp³-hybridized carbons (Fsp3) is 0.250. The zero-order valence-corrected chi connectivity index (χ0v) is 15.8. The average molecular weight is 367 g/mol. The van der Waals surface area contributed by atoms with Gasteiger partial charge in [-0.15, -0.1) is 11.3 Å². The van der Waals surface area contributed by atoms with Crippen molar-refractivity contribution in [1.82, 2.24) is 15.3 Å². The molecule has 0 aliphatic carbocycles. The lowest BCUT2D eigenvalue weighted by Gasteiger charge is -2.17. The van der Waals surface area contributed by atoms with Crippen LogP contribution < -0.4 is 10.1 Å². The molecular formula is C20H21N3O2S. The van der Waals surface area contributed by atoms with Crippen molar-refractivity contribution in [2.24, 2.45) is 0 Å². The fourth-order valence-corrected chi connectivity index (χ4v) is 3.63. The highest BCUT2D eigenvalue weighted by Crippen LogP contribution is 2.27. The number of ether oxygens (including phenoxy) is 1. The zero-order valence-electron chi connectivity index (χ0n) is 15.0. The van der Waals surface area contributed by atoms with Gasteiger partial charge in [-0.3, -0.25) is 9.78 Å². The van der Waals surface area contributed by atoms with E-state index >= 15 is 0 Å². The van der Waals surface area contributed by atoms with Crippen LogP contribution in [-0.4, -0.2) is 23.0 Å². The summed E-state index contributed by atoms with van der Waals surface area (Å²) < 4.78 is 5.19. The minimum Gasteiger partial charge on any atom is -0.497 e. The van der Waals surface area contributed by atoms with E-state index in [0.29, 0.717) is 4.88 Å². The lowest BCUT2D eigenvalue weighted by atomic mass is 10.0. The van der Waals surface area contributed by atoms with Crippen molar-refractivity contribution < 1.29 is 9.53 Å². The molecule has 0 spiro atoms. The molecule has 0 fully saturated rings. The molecule has 1 atom stereocenters. The van der Waals surface area contributed by atoms with Crippen molar-refractivity contribution in [1.29, 1.82) is 0 Å². The molecule has 2 heterocycles. The Kier molecular flexibility index (Phi) is 5.63. The Hall–Kier alpha value is -2.73. The molecule has 26 heavy (non-hydrogen) atoms. The molecule has 0 aliphatic heterocycles. The zero-order chi connectivity index (χ0) is 18.5. The van der Waals surface area contributed by atoms with Crippen molar-refractivity contribution in [2.75, 3.05) is 7.11 Å². The summed E-state index contributed by atoms with van der Waals surface area (Å²) in [4.78, 5) is 22.2. The molecule has 0 aliphatic rings. The van der Waals surface area contributed by atoms with Crippen molar-refractivity contribution in [3.63, 3.8) is 0 Å². The molecule has 1 aromatic carbocycles. The van der Waals surface area contributed by atoms with Crippen molar-refractivity contribution >= 4 is 17.2 Å². The van der Waals surface area contributed by atoms with Crippen LogP contribution in [0.5, 0.6) is 5.75 Å². The van der Waals surface area contributed by atoms with Crippen LogP contribution in [0.1, 0.15) is 40.3 Å². The highest BCUT2D eigenvalue weighted by atomic mass is 32.1. The smallest absolute Gasteiger partial charge is 0.263 e. The number of hydrogen-bond acceptors (Lipinski definition) is 5. The topological polar surface area (TPSA) is 64.1 Å². The highest BCUT2D eigenvalue weighted by Gasteiger charge is 2.20. The van der Waals surface area contributed by atoms with Gasteiger partial charge < -0.3 is 10.1 Å². The number of aryl methyl sites for hydroxylation is 1. The van der Waals surface area contributed by atoms with Crippen LogP contribution in [0.4, 0.5) is 0 Å². The van der Waals surface area contributed by atoms with E-state index in [0.717, 1.165) is 34.1 Å². The molecule has 1 amide bonds. The van der Waals surface area contributed by atoms with Crippen LogP contribution in [0, 0.1) is 6.92 Å². The van der Waals surface area contributed by atoms with E-state index in [4.69, 9.17) is 4.74 Å². The Labute approximate surface area is 157 Å². The third-order valence-corrected chi connectivity index (χ3v) is 5.30. The Balaban J connectivity index is 1.79. The van der Waals surface area contributed by atoms with Gasteiger partial charge in [-0.2, -0.15) is 0 Å². The van der Waals surface area contributed by atoms with E-state index in [1.807, 2.05) is 56.3 Å². The molecule has 0 radical (unpaired) electrons. The number of amides is 1.